The maximum Gasteiger partial charge on any atom is 0.103 e. The van der Waals surface area contributed by atoms with Gasteiger partial charge in [0.15, 0.2) is 0 Å². The van der Waals surface area contributed by atoms with Crippen LogP contribution in [0.3, 0.4) is 0 Å². The largest absolute Gasteiger partial charge is 0.367 e. The molecule has 1 aromatic rings. The summed E-state index contributed by atoms with van der Waals surface area (Å²) in [5.41, 5.74) is 2.08. The van der Waals surface area contributed by atoms with Crippen molar-refractivity contribution in [2.75, 3.05) is 17.2 Å². The zero-order valence-electron chi connectivity index (χ0n) is 12.8. The van der Waals surface area contributed by atoms with E-state index in [-0.39, 0.29) is 0 Å². The lowest BCUT2D eigenvalue weighted by Gasteiger charge is -2.32. The van der Waals surface area contributed by atoms with Crippen LogP contribution in [0.5, 0.6) is 0 Å². The van der Waals surface area contributed by atoms with Gasteiger partial charge in [-0.2, -0.15) is 5.26 Å². The normalized spacial score (nSPS) is 22.7. The van der Waals surface area contributed by atoms with E-state index in [1.807, 2.05) is 0 Å². The first kappa shape index (κ1) is 14.8. The van der Waals surface area contributed by atoms with Crippen molar-refractivity contribution < 1.29 is 0 Å². The third-order valence-electron chi connectivity index (χ3n) is 4.97. The van der Waals surface area contributed by atoms with E-state index in [1.165, 1.54) is 44.2 Å². The molecule has 0 bridgehead atoms. The molecule has 1 atom stereocenters. The first-order chi connectivity index (χ1) is 10.3. The summed E-state index contributed by atoms with van der Waals surface area (Å²) < 4.78 is 0. The predicted molar refractivity (Wildman–Crippen MR) is 89.9 cm³/mol. The molecule has 1 aliphatic carbocycles. The number of rotatable bonds is 4. The summed E-state index contributed by atoms with van der Waals surface area (Å²) in [5.74, 6) is 1.87. The summed E-state index contributed by atoms with van der Waals surface area (Å²) in [5, 5.41) is 9.65. The number of anilines is 1. The molecule has 3 heteroatoms. The second-order valence-electron chi connectivity index (χ2n) is 6.14. The lowest BCUT2D eigenvalue weighted by Crippen LogP contribution is -2.35. The van der Waals surface area contributed by atoms with Crippen LogP contribution in [0.15, 0.2) is 23.1 Å². The fourth-order valence-corrected chi connectivity index (χ4v) is 4.85. The Balaban J connectivity index is 1.91. The molecule has 1 unspecified atom stereocenters. The van der Waals surface area contributed by atoms with Crippen LogP contribution in [0.25, 0.3) is 0 Å². The van der Waals surface area contributed by atoms with Crippen molar-refractivity contribution >= 4 is 17.4 Å². The van der Waals surface area contributed by atoms with Crippen LogP contribution in [-0.2, 0) is 0 Å². The van der Waals surface area contributed by atoms with Crippen LogP contribution < -0.4 is 4.90 Å². The van der Waals surface area contributed by atoms with E-state index in [2.05, 4.69) is 36.1 Å². The van der Waals surface area contributed by atoms with Gasteiger partial charge in [-0.3, -0.25) is 0 Å². The van der Waals surface area contributed by atoms with Crippen LogP contribution >= 0.6 is 11.8 Å². The predicted octanol–water partition coefficient (Wildman–Crippen LogP) is 4.83. The van der Waals surface area contributed by atoms with Gasteiger partial charge in [0.1, 0.15) is 6.07 Å². The molecule has 2 nitrogen and oxygen atoms in total. The highest BCUT2D eigenvalue weighted by molar-refractivity contribution is 7.99. The van der Waals surface area contributed by atoms with Crippen molar-refractivity contribution in [1.29, 1.82) is 5.26 Å². The van der Waals surface area contributed by atoms with Crippen LogP contribution in [0.4, 0.5) is 5.69 Å². The van der Waals surface area contributed by atoms with E-state index >= 15 is 0 Å². The Kier molecular flexibility index (Phi) is 4.75. The quantitative estimate of drug-likeness (QED) is 0.745. The SMILES string of the molecule is CCSc1cccc(N2CCCC2C2CCCC2)c1C#N. The molecule has 1 saturated carbocycles. The van der Waals surface area contributed by atoms with Crippen LogP contribution in [0, 0.1) is 17.2 Å². The first-order valence-electron chi connectivity index (χ1n) is 8.27. The maximum atomic E-state index is 9.65. The van der Waals surface area contributed by atoms with E-state index in [0.717, 1.165) is 28.7 Å². The summed E-state index contributed by atoms with van der Waals surface area (Å²) in [7, 11) is 0. The topological polar surface area (TPSA) is 27.0 Å². The van der Waals surface area contributed by atoms with Crippen molar-refractivity contribution in [3.63, 3.8) is 0 Å². The summed E-state index contributed by atoms with van der Waals surface area (Å²) in [6, 6.07) is 9.52. The monoisotopic (exact) mass is 300 g/mol. The Bertz CT molecular complexity index is 529. The van der Waals surface area contributed by atoms with E-state index in [4.69, 9.17) is 0 Å². The average Bonchev–Trinajstić information content (AvgIpc) is 3.18. The third-order valence-corrected chi connectivity index (χ3v) is 5.91. The molecule has 1 saturated heterocycles. The number of hydrogen-bond acceptors (Lipinski definition) is 3. The van der Waals surface area contributed by atoms with Gasteiger partial charge in [0.25, 0.3) is 0 Å². The molecule has 0 aromatic heterocycles. The molecule has 2 fully saturated rings. The molecular weight excluding hydrogens is 276 g/mol. The minimum absolute atomic E-state index is 0.668. The molecule has 21 heavy (non-hydrogen) atoms. The second kappa shape index (κ2) is 6.75. The molecule has 3 rings (SSSR count). The average molecular weight is 300 g/mol. The zero-order valence-corrected chi connectivity index (χ0v) is 13.7. The van der Waals surface area contributed by atoms with Crippen molar-refractivity contribution in [3.05, 3.63) is 23.8 Å². The second-order valence-corrected chi connectivity index (χ2v) is 7.45. The Morgan fingerprint density at radius 1 is 1.24 bits per heavy atom. The van der Waals surface area contributed by atoms with Crippen LogP contribution in [-0.4, -0.2) is 18.3 Å². The van der Waals surface area contributed by atoms with Gasteiger partial charge in [0, 0.05) is 17.5 Å². The fraction of sp³-hybridized carbons (Fsp3) is 0.611. The van der Waals surface area contributed by atoms with Gasteiger partial charge in [-0.15, -0.1) is 11.8 Å². The van der Waals surface area contributed by atoms with Gasteiger partial charge < -0.3 is 4.90 Å². The highest BCUT2D eigenvalue weighted by Gasteiger charge is 2.34. The third kappa shape index (κ3) is 2.92. The van der Waals surface area contributed by atoms with E-state index in [1.54, 1.807) is 11.8 Å². The van der Waals surface area contributed by atoms with Crippen LogP contribution in [0.1, 0.15) is 51.0 Å². The number of nitriles is 1. The standard InChI is InChI=1S/C18H24N2S/c1-2-21-18-11-5-9-17(15(18)13-19)20-12-6-10-16(20)14-7-3-4-8-14/h5,9,11,14,16H,2-4,6-8,10,12H2,1H3. The Morgan fingerprint density at radius 3 is 2.76 bits per heavy atom. The number of nitrogens with zero attached hydrogens (tertiary/aromatic N) is 2. The van der Waals surface area contributed by atoms with Crippen molar-refractivity contribution in [1.82, 2.24) is 0 Å². The van der Waals surface area contributed by atoms with Gasteiger partial charge in [0.2, 0.25) is 0 Å². The minimum Gasteiger partial charge on any atom is -0.367 e. The fourth-order valence-electron chi connectivity index (χ4n) is 4.07. The molecule has 0 N–H and O–H groups in total. The van der Waals surface area contributed by atoms with E-state index in [9.17, 15) is 5.26 Å². The highest BCUT2D eigenvalue weighted by atomic mass is 32.2. The molecule has 1 heterocycles. The summed E-state index contributed by atoms with van der Waals surface area (Å²) in [6.45, 7) is 3.27. The summed E-state index contributed by atoms with van der Waals surface area (Å²) in [6.07, 6.45) is 8.13. The van der Waals surface area contributed by atoms with E-state index in [0.29, 0.717) is 6.04 Å². The van der Waals surface area contributed by atoms with Gasteiger partial charge in [-0.1, -0.05) is 25.8 Å². The molecule has 0 radical (unpaired) electrons. The Hall–Kier alpha value is -1.14. The molecule has 1 aliphatic heterocycles. The number of thioether (sulfide) groups is 1. The number of benzene rings is 1. The van der Waals surface area contributed by atoms with Gasteiger partial charge >= 0.3 is 0 Å². The summed E-state index contributed by atoms with van der Waals surface area (Å²) >= 11 is 1.78. The zero-order chi connectivity index (χ0) is 14.7. The molecule has 0 amide bonds. The summed E-state index contributed by atoms with van der Waals surface area (Å²) in [4.78, 5) is 3.70. The highest BCUT2D eigenvalue weighted by Crippen LogP contribution is 2.40. The van der Waals surface area contributed by atoms with Crippen molar-refractivity contribution in [2.45, 2.75) is 56.4 Å². The molecule has 2 aliphatic rings. The van der Waals surface area contributed by atoms with Gasteiger partial charge in [0.05, 0.1) is 11.3 Å². The van der Waals surface area contributed by atoms with Crippen molar-refractivity contribution in [3.8, 4) is 6.07 Å². The maximum absolute atomic E-state index is 9.65. The Labute approximate surface area is 132 Å². The smallest absolute Gasteiger partial charge is 0.103 e. The van der Waals surface area contributed by atoms with Crippen LogP contribution in [0.2, 0.25) is 0 Å². The molecule has 112 valence electrons. The lowest BCUT2D eigenvalue weighted by molar-refractivity contribution is 0.430. The first-order valence-corrected chi connectivity index (χ1v) is 9.26. The minimum atomic E-state index is 0.668. The van der Waals surface area contributed by atoms with E-state index < -0.39 is 0 Å². The number of hydrogen-bond donors (Lipinski definition) is 0. The lowest BCUT2D eigenvalue weighted by atomic mass is 9.95. The molecular formula is C18H24N2S. The van der Waals surface area contributed by atoms with Crippen molar-refractivity contribution in [2.24, 2.45) is 5.92 Å². The Morgan fingerprint density at radius 2 is 2.05 bits per heavy atom. The molecule has 0 spiro atoms. The molecule has 1 aromatic carbocycles. The van der Waals surface area contributed by atoms with Gasteiger partial charge in [-0.25, -0.2) is 0 Å². The van der Waals surface area contributed by atoms with Gasteiger partial charge in [-0.05, 0) is 49.5 Å².